The van der Waals surface area contributed by atoms with Crippen molar-refractivity contribution in [2.75, 3.05) is 0 Å². The molecule has 2 aliphatic rings. The molecular formula is C21H22N4OS. The van der Waals surface area contributed by atoms with Gasteiger partial charge in [0.25, 0.3) is 5.91 Å². The monoisotopic (exact) mass is 378 g/mol. The number of hydrogen-bond acceptors (Lipinski definition) is 4. The standard InChI is InChI=1S/C21H22N4OS/c1-14-13-27-20(22-14)21(11-6-12-21)23-19(26)18-16-9-5-10-17(16)25(24-18)15-7-3-2-4-8-15/h2-4,7-8,13H,5-6,9-12H2,1H3,(H,23,26). The topological polar surface area (TPSA) is 59.8 Å². The summed E-state index contributed by atoms with van der Waals surface area (Å²) in [5.74, 6) is -0.0598. The number of thiazole rings is 1. The zero-order valence-corrected chi connectivity index (χ0v) is 16.2. The summed E-state index contributed by atoms with van der Waals surface area (Å²) in [6, 6.07) is 10.1. The highest BCUT2D eigenvalue weighted by atomic mass is 32.1. The number of rotatable bonds is 4. The highest BCUT2D eigenvalue weighted by Gasteiger charge is 2.43. The number of carbonyl (C=O) groups is 1. The summed E-state index contributed by atoms with van der Waals surface area (Å²) in [5, 5.41) is 11.1. The van der Waals surface area contributed by atoms with E-state index >= 15 is 0 Å². The first-order valence-electron chi connectivity index (χ1n) is 9.58. The van der Waals surface area contributed by atoms with Crippen LogP contribution in [0.2, 0.25) is 0 Å². The molecule has 2 heterocycles. The summed E-state index contributed by atoms with van der Waals surface area (Å²) in [6.07, 6.45) is 6.00. The van der Waals surface area contributed by atoms with Gasteiger partial charge in [0.05, 0.1) is 11.2 Å². The number of fused-ring (bicyclic) bond motifs is 1. The summed E-state index contributed by atoms with van der Waals surface area (Å²) >= 11 is 1.65. The Balaban J connectivity index is 1.49. The van der Waals surface area contributed by atoms with E-state index in [9.17, 15) is 4.79 Å². The van der Waals surface area contributed by atoms with Gasteiger partial charge in [0.15, 0.2) is 5.69 Å². The van der Waals surface area contributed by atoms with Crippen molar-refractivity contribution in [2.45, 2.75) is 51.0 Å². The summed E-state index contributed by atoms with van der Waals surface area (Å²) in [5.41, 5.74) is 4.61. The van der Waals surface area contributed by atoms with Crippen LogP contribution < -0.4 is 5.32 Å². The third kappa shape index (κ3) is 2.70. The molecule has 2 aromatic heterocycles. The maximum atomic E-state index is 13.2. The van der Waals surface area contributed by atoms with Gasteiger partial charge in [-0.3, -0.25) is 4.79 Å². The van der Waals surface area contributed by atoms with Gasteiger partial charge in [-0.25, -0.2) is 9.67 Å². The van der Waals surface area contributed by atoms with Crippen molar-refractivity contribution in [3.63, 3.8) is 0 Å². The molecule has 0 saturated heterocycles. The van der Waals surface area contributed by atoms with E-state index in [0.29, 0.717) is 5.69 Å². The molecular weight excluding hydrogens is 356 g/mol. The maximum absolute atomic E-state index is 13.2. The molecule has 0 bridgehead atoms. The van der Waals surface area contributed by atoms with Crippen LogP contribution >= 0.6 is 11.3 Å². The first-order chi connectivity index (χ1) is 13.2. The molecule has 1 N–H and O–H groups in total. The molecule has 2 aliphatic carbocycles. The van der Waals surface area contributed by atoms with Gasteiger partial charge in [-0.15, -0.1) is 11.3 Å². The highest BCUT2D eigenvalue weighted by molar-refractivity contribution is 7.09. The molecule has 5 rings (SSSR count). The Bertz CT molecular complexity index is 1000. The molecule has 138 valence electrons. The first kappa shape index (κ1) is 16.7. The molecule has 1 aromatic carbocycles. The number of nitrogens with one attached hydrogen (secondary N) is 1. The molecule has 0 atom stereocenters. The fourth-order valence-electron chi connectivity index (χ4n) is 4.18. The second kappa shape index (κ2) is 6.30. The lowest BCUT2D eigenvalue weighted by atomic mass is 9.77. The molecule has 1 amide bonds. The normalized spacial score (nSPS) is 17.4. The predicted octanol–water partition coefficient (Wildman–Crippen LogP) is 3.94. The van der Waals surface area contributed by atoms with Gasteiger partial charge < -0.3 is 5.32 Å². The second-order valence-corrected chi connectivity index (χ2v) is 8.42. The average Bonchev–Trinajstić information content (AvgIpc) is 3.35. The van der Waals surface area contributed by atoms with Gasteiger partial charge >= 0.3 is 0 Å². The van der Waals surface area contributed by atoms with E-state index in [-0.39, 0.29) is 11.4 Å². The first-order valence-corrected chi connectivity index (χ1v) is 10.5. The van der Waals surface area contributed by atoms with Crippen LogP contribution in [0.4, 0.5) is 0 Å². The van der Waals surface area contributed by atoms with E-state index in [2.05, 4.69) is 15.7 Å². The Morgan fingerprint density at radius 2 is 2.00 bits per heavy atom. The zero-order valence-electron chi connectivity index (χ0n) is 15.4. The van der Waals surface area contributed by atoms with Gasteiger partial charge in [-0.05, 0) is 57.6 Å². The lowest BCUT2D eigenvalue weighted by Crippen LogP contribution is -2.51. The SMILES string of the molecule is Cc1csc(C2(NC(=O)c3nn(-c4ccccc4)c4c3CCC4)CCC2)n1. The minimum Gasteiger partial charge on any atom is -0.339 e. The van der Waals surface area contributed by atoms with Crippen molar-refractivity contribution in [1.82, 2.24) is 20.1 Å². The Kier molecular flexibility index (Phi) is 3.90. The van der Waals surface area contributed by atoms with Crippen molar-refractivity contribution in [2.24, 2.45) is 0 Å². The van der Waals surface area contributed by atoms with Crippen molar-refractivity contribution in [3.05, 3.63) is 63.4 Å². The minimum atomic E-state index is -0.308. The molecule has 6 heteroatoms. The average molecular weight is 379 g/mol. The van der Waals surface area contributed by atoms with E-state index in [1.807, 2.05) is 41.9 Å². The van der Waals surface area contributed by atoms with E-state index in [1.165, 1.54) is 5.69 Å². The van der Waals surface area contributed by atoms with Crippen molar-refractivity contribution in [1.29, 1.82) is 0 Å². The van der Waals surface area contributed by atoms with Crippen LogP contribution in [0.3, 0.4) is 0 Å². The van der Waals surface area contributed by atoms with Gasteiger partial charge in [0.1, 0.15) is 5.01 Å². The number of aryl methyl sites for hydroxylation is 1. The van der Waals surface area contributed by atoms with Crippen LogP contribution in [0.15, 0.2) is 35.7 Å². The zero-order chi connectivity index (χ0) is 18.4. The number of para-hydroxylation sites is 1. The fourth-order valence-corrected chi connectivity index (χ4v) is 5.19. The highest BCUT2D eigenvalue weighted by Crippen LogP contribution is 2.43. The second-order valence-electron chi connectivity index (χ2n) is 7.56. The third-order valence-corrected chi connectivity index (χ3v) is 6.90. The summed E-state index contributed by atoms with van der Waals surface area (Å²) in [4.78, 5) is 17.9. The van der Waals surface area contributed by atoms with E-state index in [4.69, 9.17) is 5.10 Å². The lowest BCUT2D eigenvalue weighted by Gasteiger charge is -2.40. The summed E-state index contributed by atoms with van der Waals surface area (Å²) in [6.45, 7) is 2.00. The Morgan fingerprint density at radius 1 is 1.19 bits per heavy atom. The molecule has 0 radical (unpaired) electrons. The van der Waals surface area contributed by atoms with Gasteiger partial charge in [0.2, 0.25) is 0 Å². The molecule has 27 heavy (non-hydrogen) atoms. The van der Waals surface area contributed by atoms with Gasteiger partial charge in [-0.2, -0.15) is 5.10 Å². The van der Waals surface area contributed by atoms with Crippen LogP contribution in [-0.4, -0.2) is 20.7 Å². The Morgan fingerprint density at radius 3 is 2.67 bits per heavy atom. The van der Waals surface area contributed by atoms with Crippen LogP contribution in [-0.2, 0) is 18.4 Å². The number of hydrogen-bond donors (Lipinski definition) is 1. The van der Waals surface area contributed by atoms with Crippen LogP contribution in [0.25, 0.3) is 5.69 Å². The van der Waals surface area contributed by atoms with Crippen LogP contribution in [0, 0.1) is 6.92 Å². The molecule has 1 saturated carbocycles. The van der Waals surface area contributed by atoms with Crippen molar-refractivity contribution in [3.8, 4) is 5.69 Å². The summed E-state index contributed by atoms with van der Waals surface area (Å²) in [7, 11) is 0. The maximum Gasteiger partial charge on any atom is 0.272 e. The number of benzene rings is 1. The van der Waals surface area contributed by atoms with E-state index < -0.39 is 0 Å². The van der Waals surface area contributed by atoms with Crippen LogP contribution in [0.1, 0.15) is 58.1 Å². The Labute approximate surface area is 162 Å². The number of nitrogens with zero attached hydrogens (tertiary/aromatic N) is 3. The van der Waals surface area contributed by atoms with Crippen molar-refractivity contribution >= 4 is 17.2 Å². The molecule has 3 aromatic rings. The van der Waals surface area contributed by atoms with Gasteiger partial charge in [-0.1, -0.05) is 18.2 Å². The smallest absolute Gasteiger partial charge is 0.272 e. The van der Waals surface area contributed by atoms with Crippen LogP contribution in [0.5, 0.6) is 0 Å². The van der Waals surface area contributed by atoms with Gasteiger partial charge in [0, 0.05) is 22.3 Å². The summed E-state index contributed by atoms with van der Waals surface area (Å²) < 4.78 is 1.96. The minimum absolute atomic E-state index is 0.0598. The molecule has 0 spiro atoms. The Hall–Kier alpha value is -2.47. The molecule has 0 unspecified atom stereocenters. The predicted molar refractivity (Wildman–Crippen MR) is 105 cm³/mol. The largest absolute Gasteiger partial charge is 0.339 e. The number of aromatic nitrogens is 3. The quantitative estimate of drug-likeness (QED) is 0.748. The van der Waals surface area contributed by atoms with E-state index in [0.717, 1.165) is 60.5 Å². The van der Waals surface area contributed by atoms with E-state index in [1.54, 1.807) is 11.3 Å². The fraction of sp³-hybridized carbons (Fsp3) is 0.381. The number of carbonyl (C=O) groups excluding carboxylic acids is 1. The van der Waals surface area contributed by atoms with Crippen molar-refractivity contribution < 1.29 is 4.79 Å². The third-order valence-electron chi connectivity index (χ3n) is 5.73. The lowest BCUT2D eigenvalue weighted by molar-refractivity contribution is 0.0816. The molecule has 0 aliphatic heterocycles. The molecule has 5 nitrogen and oxygen atoms in total. The molecule has 1 fully saturated rings. The number of amides is 1.